The van der Waals surface area contributed by atoms with Crippen LogP contribution in [0.3, 0.4) is 0 Å². The van der Waals surface area contributed by atoms with Gasteiger partial charge in [-0.1, -0.05) is 32.0 Å². The Labute approximate surface area is 150 Å². The van der Waals surface area contributed by atoms with E-state index in [1.54, 1.807) is 37.4 Å². The lowest BCUT2D eigenvalue weighted by molar-refractivity contribution is 0.573. The number of sulfone groups is 1. The highest BCUT2D eigenvalue weighted by Gasteiger charge is 2.13. The summed E-state index contributed by atoms with van der Waals surface area (Å²) < 4.78 is 24.2. The second kappa shape index (κ2) is 10.8. The third-order valence-electron chi connectivity index (χ3n) is 3.00. The summed E-state index contributed by atoms with van der Waals surface area (Å²) in [6.45, 7) is 5.47. The van der Waals surface area contributed by atoms with Crippen molar-refractivity contribution in [3.63, 3.8) is 0 Å². The molecule has 0 heterocycles. The van der Waals surface area contributed by atoms with Crippen LogP contribution in [0.25, 0.3) is 0 Å². The Morgan fingerprint density at radius 3 is 2.27 bits per heavy atom. The molecule has 5 nitrogen and oxygen atoms in total. The van der Waals surface area contributed by atoms with Crippen molar-refractivity contribution < 1.29 is 8.42 Å². The largest absolute Gasteiger partial charge is 0.356 e. The number of halogens is 1. The summed E-state index contributed by atoms with van der Waals surface area (Å²) in [6, 6.07) is 8.49. The van der Waals surface area contributed by atoms with E-state index < -0.39 is 9.84 Å². The van der Waals surface area contributed by atoms with Crippen LogP contribution in [0.4, 0.5) is 0 Å². The lowest BCUT2D eigenvalue weighted by atomic mass is 10.1. The summed E-state index contributed by atoms with van der Waals surface area (Å²) in [5, 5.41) is 6.20. The van der Waals surface area contributed by atoms with Gasteiger partial charge in [0.15, 0.2) is 15.8 Å². The summed E-state index contributed by atoms with van der Waals surface area (Å²) >= 11 is 0. The van der Waals surface area contributed by atoms with Gasteiger partial charge >= 0.3 is 0 Å². The van der Waals surface area contributed by atoms with Gasteiger partial charge in [0.2, 0.25) is 0 Å². The van der Waals surface area contributed by atoms with Gasteiger partial charge < -0.3 is 10.6 Å². The fourth-order valence-corrected chi connectivity index (χ4v) is 2.93. The number of nitrogens with zero attached hydrogens (tertiary/aromatic N) is 1. The third kappa shape index (κ3) is 7.98. The SMILES string of the molecule is CN=C(NCCC(C)C)NCCS(=O)(=O)c1ccccc1.I. The van der Waals surface area contributed by atoms with Crippen LogP contribution in [0.1, 0.15) is 20.3 Å². The van der Waals surface area contributed by atoms with Gasteiger partial charge in [0.05, 0.1) is 10.6 Å². The van der Waals surface area contributed by atoms with E-state index >= 15 is 0 Å². The molecule has 1 rings (SSSR count). The quantitative estimate of drug-likeness (QED) is 0.389. The van der Waals surface area contributed by atoms with Crippen molar-refractivity contribution in [2.24, 2.45) is 10.9 Å². The molecule has 1 aromatic carbocycles. The van der Waals surface area contributed by atoms with Crippen molar-refractivity contribution in [3.8, 4) is 0 Å². The zero-order valence-corrected chi connectivity index (χ0v) is 16.5. The van der Waals surface area contributed by atoms with Gasteiger partial charge in [-0.25, -0.2) is 8.42 Å². The maximum Gasteiger partial charge on any atom is 0.191 e. The zero-order chi connectivity index (χ0) is 15.7. The number of aliphatic imine (C=N–C) groups is 1. The molecule has 0 saturated heterocycles. The van der Waals surface area contributed by atoms with Gasteiger partial charge in [-0.3, -0.25) is 4.99 Å². The number of benzene rings is 1. The Hall–Kier alpha value is -0.830. The van der Waals surface area contributed by atoms with E-state index in [-0.39, 0.29) is 29.7 Å². The molecule has 0 aliphatic heterocycles. The molecule has 126 valence electrons. The van der Waals surface area contributed by atoms with Crippen LogP contribution < -0.4 is 10.6 Å². The van der Waals surface area contributed by atoms with E-state index in [9.17, 15) is 8.42 Å². The van der Waals surface area contributed by atoms with Crippen molar-refractivity contribution in [2.45, 2.75) is 25.2 Å². The molecule has 0 aliphatic rings. The van der Waals surface area contributed by atoms with Crippen molar-refractivity contribution in [1.29, 1.82) is 0 Å². The fraction of sp³-hybridized carbons (Fsp3) is 0.533. The first-order valence-corrected chi connectivity index (χ1v) is 8.83. The van der Waals surface area contributed by atoms with Crippen LogP contribution in [0.15, 0.2) is 40.2 Å². The number of nitrogens with one attached hydrogen (secondary N) is 2. The number of hydrogen-bond acceptors (Lipinski definition) is 3. The topological polar surface area (TPSA) is 70.6 Å². The summed E-state index contributed by atoms with van der Waals surface area (Å²) in [5.41, 5.74) is 0. The standard InChI is InChI=1S/C15H25N3O2S.HI/c1-13(2)9-10-17-15(16-3)18-11-12-21(19,20)14-7-5-4-6-8-14;/h4-8,13H,9-12H2,1-3H3,(H2,16,17,18);1H. The summed E-state index contributed by atoms with van der Waals surface area (Å²) in [7, 11) is -1.57. The highest BCUT2D eigenvalue weighted by atomic mass is 127. The molecule has 0 bridgehead atoms. The molecule has 0 aromatic heterocycles. The van der Waals surface area contributed by atoms with E-state index in [4.69, 9.17) is 0 Å². The minimum absolute atomic E-state index is 0. The van der Waals surface area contributed by atoms with Crippen LogP contribution in [-0.4, -0.2) is 40.3 Å². The highest BCUT2D eigenvalue weighted by Crippen LogP contribution is 2.09. The number of guanidine groups is 1. The van der Waals surface area contributed by atoms with Crippen LogP contribution in [0.5, 0.6) is 0 Å². The molecule has 0 fully saturated rings. The summed E-state index contributed by atoms with van der Waals surface area (Å²) in [6.07, 6.45) is 1.04. The smallest absolute Gasteiger partial charge is 0.191 e. The predicted octanol–water partition coefficient (Wildman–Crippen LogP) is 2.29. The molecular weight excluding hydrogens is 413 g/mol. The first-order chi connectivity index (χ1) is 9.95. The van der Waals surface area contributed by atoms with Gasteiger partial charge in [0.25, 0.3) is 0 Å². The van der Waals surface area contributed by atoms with Crippen LogP contribution in [0.2, 0.25) is 0 Å². The Morgan fingerprint density at radius 1 is 1.14 bits per heavy atom. The fourth-order valence-electron chi connectivity index (χ4n) is 1.75. The normalized spacial score (nSPS) is 11.9. The monoisotopic (exact) mass is 439 g/mol. The van der Waals surface area contributed by atoms with Crippen molar-refractivity contribution in [2.75, 3.05) is 25.9 Å². The maximum absolute atomic E-state index is 12.1. The molecule has 0 spiro atoms. The van der Waals surface area contributed by atoms with E-state index in [0.29, 0.717) is 23.3 Å². The number of rotatable bonds is 7. The van der Waals surface area contributed by atoms with Crippen molar-refractivity contribution in [3.05, 3.63) is 30.3 Å². The van der Waals surface area contributed by atoms with E-state index in [0.717, 1.165) is 13.0 Å². The molecule has 0 saturated carbocycles. The Morgan fingerprint density at radius 2 is 1.73 bits per heavy atom. The molecular formula is C15H26IN3O2S. The van der Waals surface area contributed by atoms with Gasteiger partial charge in [-0.2, -0.15) is 0 Å². The summed E-state index contributed by atoms with van der Waals surface area (Å²) in [5.74, 6) is 1.30. The minimum Gasteiger partial charge on any atom is -0.356 e. The average molecular weight is 439 g/mol. The lowest BCUT2D eigenvalue weighted by Gasteiger charge is -2.13. The minimum atomic E-state index is -3.24. The first kappa shape index (κ1) is 21.2. The maximum atomic E-state index is 12.1. The van der Waals surface area contributed by atoms with Gasteiger partial charge in [0.1, 0.15) is 0 Å². The molecule has 0 unspecified atom stereocenters. The molecule has 0 atom stereocenters. The predicted molar refractivity (Wildman–Crippen MR) is 103 cm³/mol. The molecule has 0 aliphatic carbocycles. The van der Waals surface area contributed by atoms with Crippen LogP contribution in [0, 0.1) is 5.92 Å². The van der Waals surface area contributed by atoms with Gasteiger partial charge in [-0.15, -0.1) is 24.0 Å². The summed E-state index contributed by atoms with van der Waals surface area (Å²) in [4.78, 5) is 4.43. The van der Waals surface area contributed by atoms with E-state index in [2.05, 4.69) is 29.5 Å². The molecule has 0 amide bonds. The van der Waals surface area contributed by atoms with E-state index in [1.165, 1.54) is 0 Å². The van der Waals surface area contributed by atoms with E-state index in [1.807, 2.05) is 0 Å². The highest BCUT2D eigenvalue weighted by molar-refractivity contribution is 14.0. The third-order valence-corrected chi connectivity index (χ3v) is 4.74. The lowest BCUT2D eigenvalue weighted by Crippen LogP contribution is -2.40. The number of hydrogen-bond donors (Lipinski definition) is 2. The molecule has 1 aromatic rings. The van der Waals surface area contributed by atoms with Crippen LogP contribution in [-0.2, 0) is 9.84 Å². The second-order valence-corrected chi connectivity index (χ2v) is 7.35. The zero-order valence-electron chi connectivity index (χ0n) is 13.4. The Balaban J connectivity index is 0.00000441. The van der Waals surface area contributed by atoms with Gasteiger partial charge in [-0.05, 0) is 24.5 Å². The second-order valence-electron chi connectivity index (χ2n) is 5.24. The van der Waals surface area contributed by atoms with Gasteiger partial charge in [0, 0.05) is 20.1 Å². The Kier molecular flexibility index (Phi) is 10.4. The first-order valence-electron chi connectivity index (χ1n) is 7.18. The van der Waals surface area contributed by atoms with Crippen molar-refractivity contribution >= 4 is 39.8 Å². The molecule has 7 heteroatoms. The average Bonchev–Trinajstić information content (AvgIpc) is 2.46. The molecule has 2 N–H and O–H groups in total. The molecule has 0 radical (unpaired) electrons. The van der Waals surface area contributed by atoms with Crippen LogP contribution >= 0.6 is 24.0 Å². The molecule has 22 heavy (non-hydrogen) atoms. The Bertz CT molecular complexity index is 545. The van der Waals surface area contributed by atoms with Crippen molar-refractivity contribution in [1.82, 2.24) is 10.6 Å².